The van der Waals surface area contributed by atoms with Crippen LogP contribution < -0.4 is 11.3 Å². The van der Waals surface area contributed by atoms with Gasteiger partial charge in [0.05, 0.1) is 0 Å². The Bertz CT molecular complexity index is 528. The fourth-order valence-electron chi connectivity index (χ4n) is 1.46. The lowest BCUT2D eigenvalue weighted by Crippen LogP contribution is -2.10. The summed E-state index contributed by atoms with van der Waals surface area (Å²) in [6, 6.07) is 5.04. The zero-order valence-corrected chi connectivity index (χ0v) is 9.60. The molecule has 2 aromatic rings. The predicted octanol–water partition coefficient (Wildman–Crippen LogP) is 2.73. The summed E-state index contributed by atoms with van der Waals surface area (Å²) >= 11 is 3.24. The average molecular weight is 270 g/mol. The second-order valence-corrected chi connectivity index (χ2v) is 4.17. The molecule has 0 radical (unpaired) electrons. The number of aryl methyl sites for hydroxylation is 1. The Hall–Kier alpha value is -1.20. The maximum Gasteiger partial charge on any atom is 0.150 e. The first-order chi connectivity index (χ1) is 7.11. The number of nitrogens with zero attached hydrogens (tertiary/aromatic N) is 1. The minimum atomic E-state index is -0.365. The zero-order chi connectivity index (χ0) is 11.0. The van der Waals surface area contributed by atoms with Gasteiger partial charge in [0.1, 0.15) is 11.3 Å². The molecule has 0 saturated heterocycles. The van der Waals surface area contributed by atoms with Crippen LogP contribution in [0.15, 0.2) is 22.7 Å². The Morgan fingerprint density at radius 2 is 2.13 bits per heavy atom. The van der Waals surface area contributed by atoms with Gasteiger partial charge >= 0.3 is 0 Å². The van der Waals surface area contributed by atoms with Gasteiger partial charge in [-0.1, -0.05) is 15.9 Å². The van der Waals surface area contributed by atoms with Gasteiger partial charge in [-0.3, -0.25) is 0 Å². The van der Waals surface area contributed by atoms with E-state index in [2.05, 4.69) is 26.3 Å². The van der Waals surface area contributed by atoms with Crippen LogP contribution in [0.4, 0.5) is 10.2 Å². The summed E-state index contributed by atoms with van der Waals surface area (Å²) < 4.78 is 14.2. The van der Waals surface area contributed by atoms with Gasteiger partial charge in [-0.05, 0) is 30.7 Å². The first kappa shape index (κ1) is 10.3. The minimum absolute atomic E-state index is 0.316. The molecule has 0 atom stereocenters. The van der Waals surface area contributed by atoms with Gasteiger partial charge in [-0.15, -0.1) is 0 Å². The molecular weight excluding hydrogens is 261 g/mol. The Balaban J connectivity index is 2.81. The number of nitrogen functional groups attached to an aromatic ring is 1. The monoisotopic (exact) mass is 269 g/mol. The third-order valence-electron chi connectivity index (χ3n) is 2.16. The van der Waals surface area contributed by atoms with Gasteiger partial charge in [0.2, 0.25) is 0 Å². The van der Waals surface area contributed by atoms with E-state index in [1.165, 1.54) is 6.07 Å². The second-order valence-electron chi connectivity index (χ2n) is 3.26. The maximum absolute atomic E-state index is 13.5. The zero-order valence-electron chi connectivity index (χ0n) is 8.01. The number of rotatable bonds is 1. The summed E-state index contributed by atoms with van der Waals surface area (Å²) in [4.78, 5) is 4.10. The molecule has 2 rings (SSSR count). The van der Waals surface area contributed by atoms with Crippen LogP contribution in [0, 0.1) is 12.7 Å². The van der Waals surface area contributed by atoms with Crippen molar-refractivity contribution in [3.63, 3.8) is 0 Å². The molecule has 3 N–H and O–H groups in total. The van der Waals surface area contributed by atoms with Crippen molar-refractivity contribution in [2.75, 3.05) is 5.43 Å². The van der Waals surface area contributed by atoms with Gasteiger partial charge in [0, 0.05) is 9.86 Å². The summed E-state index contributed by atoms with van der Waals surface area (Å²) in [5.74, 6) is 5.40. The Labute approximate surface area is 94.6 Å². The first-order valence-electron chi connectivity index (χ1n) is 4.35. The van der Waals surface area contributed by atoms with E-state index in [9.17, 15) is 4.39 Å². The van der Waals surface area contributed by atoms with Crippen LogP contribution in [-0.4, -0.2) is 4.98 Å². The fraction of sp³-hybridized carbons (Fsp3) is 0.100. The number of aromatic nitrogens is 1. The molecule has 0 aliphatic rings. The number of benzene rings is 1. The number of anilines is 1. The standard InChI is InChI=1S/C10H9BrFN3/c1-5-2-6-3-7(11)4-8(12)9(6)14-10(5)15-13/h2-4H,13H2,1H3,(H,14,15). The van der Waals surface area contributed by atoms with Crippen molar-refractivity contribution in [1.29, 1.82) is 0 Å². The molecule has 0 fully saturated rings. The molecule has 0 unspecified atom stereocenters. The van der Waals surface area contributed by atoms with Crippen molar-refractivity contribution < 1.29 is 4.39 Å². The van der Waals surface area contributed by atoms with E-state index in [1.807, 2.05) is 19.1 Å². The van der Waals surface area contributed by atoms with Gasteiger partial charge in [-0.2, -0.15) is 0 Å². The van der Waals surface area contributed by atoms with Crippen molar-refractivity contribution >= 4 is 32.7 Å². The van der Waals surface area contributed by atoms with E-state index in [0.29, 0.717) is 15.8 Å². The van der Waals surface area contributed by atoms with Crippen molar-refractivity contribution in [1.82, 2.24) is 4.98 Å². The number of nitrogens with one attached hydrogen (secondary N) is 1. The van der Waals surface area contributed by atoms with E-state index in [4.69, 9.17) is 5.84 Å². The molecule has 15 heavy (non-hydrogen) atoms. The van der Waals surface area contributed by atoms with Crippen LogP contribution in [0.3, 0.4) is 0 Å². The van der Waals surface area contributed by atoms with Gasteiger partial charge < -0.3 is 5.43 Å². The average Bonchev–Trinajstić information content (AvgIpc) is 2.16. The van der Waals surface area contributed by atoms with Crippen molar-refractivity contribution in [2.45, 2.75) is 6.92 Å². The van der Waals surface area contributed by atoms with E-state index in [1.54, 1.807) is 0 Å². The smallest absolute Gasteiger partial charge is 0.150 e. The molecule has 0 aliphatic heterocycles. The van der Waals surface area contributed by atoms with Gasteiger partial charge in [-0.25, -0.2) is 15.2 Å². The second kappa shape index (κ2) is 3.75. The van der Waals surface area contributed by atoms with E-state index < -0.39 is 0 Å². The Morgan fingerprint density at radius 3 is 2.80 bits per heavy atom. The molecule has 0 spiro atoms. The van der Waals surface area contributed by atoms with Crippen LogP contribution >= 0.6 is 15.9 Å². The number of halogens is 2. The molecule has 0 saturated carbocycles. The topological polar surface area (TPSA) is 50.9 Å². The number of hydrogen-bond acceptors (Lipinski definition) is 3. The van der Waals surface area contributed by atoms with Crippen molar-refractivity contribution in [2.24, 2.45) is 5.84 Å². The predicted molar refractivity (Wildman–Crippen MR) is 61.9 cm³/mol. The van der Waals surface area contributed by atoms with Crippen LogP contribution in [-0.2, 0) is 0 Å². The molecule has 1 heterocycles. The summed E-state index contributed by atoms with van der Waals surface area (Å²) in [5.41, 5.74) is 3.63. The number of fused-ring (bicyclic) bond motifs is 1. The number of hydrazine groups is 1. The third kappa shape index (κ3) is 1.80. The molecule has 78 valence electrons. The highest BCUT2D eigenvalue weighted by Crippen LogP contribution is 2.25. The van der Waals surface area contributed by atoms with Crippen molar-refractivity contribution in [3.8, 4) is 0 Å². The lowest BCUT2D eigenvalue weighted by molar-refractivity contribution is 0.636. The summed E-state index contributed by atoms with van der Waals surface area (Å²) in [7, 11) is 0. The van der Waals surface area contributed by atoms with Crippen molar-refractivity contribution in [3.05, 3.63) is 34.1 Å². The minimum Gasteiger partial charge on any atom is -0.308 e. The molecule has 0 aliphatic carbocycles. The molecule has 5 heteroatoms. The van der Waals surface area contributed by atoms with Gasteiger partial charge in [0.15, 0.2) is 5.82 Å². The van der Waals surface area contributed by atoms with Crippen LogP contribution in [0.2, 0.25) is 0 Å². The molecule has 1 aromatic heterocycles. The van der Waals surface area contributed by atoms with E-state index in [0.717, 1.165) is 10.9 Å². The maximum atomic E-state index is 13.5. The highest BCUT2D eigenvalue weighted by molar-refractivity contribution is 9.10. The normalized spacial score (nSPS) is 10.7. The Kier molecular flexibility index (Phi) is 2.58. The SMILES string of the molecule is Cc1cc2cc(Br)cc(F)c2nc1NN. The largest absolute Gasteiger partial charge is 0.308 e. The number of pyridine rings is 1. The molecular formula is C10H9BrFN3. The van der Waals surface area contributed by atoms with Crippen LogP contribution in [0.25, 0.3) is 10.9 Å². The van der Waals surface area contributed by atoms with Crippen LogP contribution in [0.5, 0.6) is 0 Å². The molecule has 0 amide bonds. The van der Waals surface area contributed by atoms with Gasteiger partial charge in [0.25, 0.3) is 0 Å². The number of nitrogens with two attached hydrogens (primary N) is 1. The fourth-order valence-corrected chi connectivity index (χ4v) is 1.91. The van der Waals surface area contributed by atoms with E-state index in [-0.39, 0.29) is 5.82 Å². The number of hydrogen-bond donors (Lipinski definition) is 2. The van der Waals surface area contributed by atoms with Crippen LogP contribution in [0.1, 0.15) is 5.56 Å². The highest BCUT2D eigenvalue weighted by Gasteiger charge is 2.07. The summed E-state index contributed by atoms with van der Waals surface area (Å²) in [6.07, 6.45) is 0. The first-order valence-corrected chi connectivity index (χ1v) is 5.14. The molecule has 0 bridgehead atoms. The Morgan fingerprint density at radius 1 is 1.40 bits per heavy atom. The molecule has 3 nitrogen and oxygen atoms in total. The quantitative estimate of drug-likeness (QED) is 0.618. The highest BCUT2D eigenvalue weighted by atomic mass is 79.9. The lowest BCUT2D eigenvalue weighted by Gasteiger charge is -2.07. The lowest BCUT2D eigenvalue weighted by atomic mass is 10.1. The molecule has 1 aromatic carbocycles. The van der Waals surface area contributed by atoms with E-state index >= 15 is 0 Å². The summed E-state index contributed by atoms with van der Waals surface area (Å²) in [5, 5.41) is 0.748. The third-order valence-corrected chi connectivity index (χ3v) is 2.62. The summed E-state index contributed by atoms with van der Waals surface area (Å²) in [6.45, 7) is 1.86.